The van der Waals surface area contributed by atoms with E-state index in [2.05, 4.69) is 304 Å². The standard InChI is InChI=1S/C72H47BN4/c1-5-19-48(20-6-1)51-33-38-55(39-34-51)74-66-43-37-53(50-23-9-3-10-24-50)45-62(66)73-70-68(74)46-57(76-63-30-16-13-27-58(63)59-28-14-17-31-64(59)76)47-69(70)75(56-40-35-52(36-41-56)49-21-7-2-8-22-49)67-44-42-61-60-29-15-18-32-65(60)77(72(61)71(67)73)54-25-11-4-12-26-54/h1-47H. The zero-order chi connectivity index (χ0) is 50.6. The molecular weight excluding hydrogens is 932 g/mol. The molecule has 358 valence electrons. The molecule has 2 aliphatic rings. The van der Waals surface area contributed by atoms with Crippen molar-refractivity contribution in [2.75, 3.05) is 9.80 Å². The van der Waals surface area contributed by atoms with Crippen molar-refractivity contribution in [1.29, 1.82) is 0 Å². The molecule has 0 radical (unpaired) electrons. The summed E-state index contributed by atoms with van der Waals surface area (Å²) in [5.41, 5.74) is 24.7. The maximum absolute atomic E-state index is 2.58. The van der Waals surface area contributed by atoms with E-state index >= 15 is 0 Å². The average molecular weight is 979 g/mol. The van der Waals surface area contributed by atoms with E-state index < -0.39 is 0 Å². The van der Waals surface area contributed by atoms with Crippen molar-refractivity contribution in [3.63, 3.8) is 0 Å². The van der Waals surface area contributed by atoms with Crippen LogP contribution in [0.4, 0.5) is 34.1 Å². The van der Waals surface area contributed by atoms with Crippen molar-refractivity contribution >= 4 is 101 Å². The molecule has 5 heteroatoms. The van der Waals surface area contributed by atoms with Crippen LogP contribution in [0.5, 0.6) is 0 Å². The zero-order valence-electron chi connectivity index (χ0n) is 42.0. The average Bonchev–Trinajstić information content (AvgIpc) is 4.24. The first-order valence-corrected chi connectivity index (χ1v) is 26.6. The largest absolute Gasteiger partial charge is 0.311 e. The Morgan fingerprint density at radius 3 is 1.17 bits per heavy atom. The third-order valence-electron chi connectivity index (χ3n) is 16.3. The van der Waals surface area contributed by atoms with Gasteiger partial charge in [0.2, 0.25) is 0 Å². The highest BCUT2D eigenvalue weighted by molar-refractivity contribution is 7.01. The smallest absolute Gasteiger partial charge is 0.254 e. The van der Waals surface area contributed by atoms with E-state index in [1.54, 1.807) is 0 Å². The van der Waals surface area contributed by atoms with Crippen LogP contribution in [0, 0.1) is 0 Å². The SMILES string of the molecule is c1ccc(-c2ccc(N3c4ccc(-c5ccccc5)cc4B4c5c3cc(-n3c6ccccc6c6ccccc63)cc5N(c3ccc(-c5ccccc5)cc3)c3ccc5c6ccccc6n(-c6ccccc6)c5c34)cc2)cc1. The summed E-state index contributed by atoms with van der Waals surface area (Å²) in [5.74, 6) is 0. The van der Waals surface area contributed by atoms with Gasteiger partial charge in [-0.2, -0.15) is 0 Å². The molecule has 0 saturated carbocycles. The number of benzene rings is 12. The van der Waals surface area contributed by atoms with Gasteiger partial charge in [-0.25, -0.2) is 0 Å². The lowest BCUT2D eigenvalue weighted by Crippen LogP contribution is -2.61. The Morgan fingerprint density at radius 2 is 0.636 bits per heavy atom. The number of hydrogen-bond acceptors (Lipinski definition) is 2. The van der Waals surface area contributed by atoms with E-state index in [9.17, 15) is 0 Å². The summed E-state index contributed by atoms with van der Waals surface area (Å²) < 4.78 is 5.02. The van der Waals surface area contributed by atoms with Gasteiger partial charge in [0.25, 0.3) is 6.71 Å². The minimum absolute atomic E-state index is 0.184. The molecule has 0 spiro atoms. The number of anilines is 6. The predicted octanol–water partition coefficient (Wildman–Crippen LogP) is 17.0. The number of aromatic nitrogens is 2. The van der Waals surface area contributed by atoms with Gasteiger partial charge < -0.3 is 18.9 Å². The summed E-state index contributed by atoms with van der Waals surface area (Å²) in [6.45, 7) is -0.184. The van der Waals surface area contributed by atoms with Crippen molar-refractivity contribution < 1.29 is 0 Å². The number of fused-ring (bicyclic) bond motifs is 11. The van der Waals surface area contributed by atoms with Gasteiger partial charge in [0.1, 0.15) is 0 Å². The highest BCUT2D eigenvalue weighted by Crippen LogP contribution is 2.49. The highest BCUT2D eigenvalue weighted by atomic mass is 15.2. The van der Waals surface area contributed by atoms with Gasteiger partial charge in [-0.05, 0) is 129 Å². The molecule has 4 heterocycles. The van der Waals surface area contributed by atoms with E-state index in [4.69, 9.17) is 0 Å². The Balaban J connectivity index is 1.07. The van der Waals surface area contributed by atoms with Crippen LogP contribution in [0.3, 0.4) is 0 Å². The topological polar surface area (TPSA) is 16.3 Å². The van der Waals surface area contributed by atoms with Gasteiger partial charge in [-0.1, -0.05) is 206 Å². The lowest BCUT2D eigenvalue weighted by Gasteiger charge is -2.45. The van der Waals surface area contributed by atoms with Crippen LogP contribution in [0.2, 0.25) is 0 Å². The first-order valence-electron chi connectivity index (χ1n) is 26.6. The fourth-order valence-electron chi connectivity index (χ4n) is 12.9. The molecule has 14 aromatic rings. The van der Waals surface area contributed by atoms with Gasteiger partial charge in [0.15, 0.2) is 0 Å². The molecular formula is C72H47BN4. The van der Waals surface area contributed by atoms with Gasteiger partial charge in [-0.15, -0.1) is 0 Å². The van der Waals surface area contributed by atoms with Crippen molar-refractivity contribution in [3.8, 4) is 44.8 Å². The molecule has 0 N–H and O–H groups in total. The van der Waals surface area contributed by atoms with Gasteiger partial charge in [0, 0.05) is 61.4 Å². The molecule has 0 saturated heterocycles. The Bertz CT molecular complexity index is 4530. The van der Waals surface area contributed by atoms with Crippen LogP contribution in [0.1, 0.15) is 0 Å². The van der Waals surface area contributed by atoms with Gasteiger partial charge >= 0.3 is 0 Å². The zero-order valence-corrected chi connectivity index (χ0v) is 42.0. The quantitative estimate of drug-likeness (QED) is 0.148. The summed E-state index contributed by atoms with van der Waals surface area (Å²) in [7, 11) is 0. The minimum Gasteiger partial charge on any atom is -0.311 e. The second-order valence-electron chi connectivity index (χ2n) is 20.4. The summed E-state index contributed by atoms with van der Waals surface area (Å²) >= 11 is 0. The van der Waals surface area contributed by atoms with E-state index in [0.29, 0.717) is 0 Å². The fourth-order valence-corrected chi connectivity index (χ4v) is 12.9. The highest BCUT2D eigenvalue weighted by Gasteiger charge is 2.46. The van der Waals surface area contributed by atoms with Crippen LogP contribution in [-0.2, 0) is 0 Å². The van der Waals surface area contributed by atoms with E-state index in [-0.39, 0.29) is 6.71 Å². The summed E-state index contributed by atoms with van der Waals surface area (Å²) in [6, 6.07) is 105. The molecule has 77 heavy (non-hydrogen) atoms. The van der Waals surface area contributed by atoms with Crippen LogP contribution < -0.4 is 26.2 Å². The van der Waals surface area contributed by atoms with Crippen molar-refractivity contribution in [3.05, 3.63) is 285 Å². The molecule has 0 atom stereocenters. The lowest BCUT2D eigenvalue weighted by atomic mass is 9.33. The third-order valence-corrected chi connectivity index (χ3v) is 16.3. The maximum atomic E-state index is 2.58. The number of nitrogens with zero attached hydrogens (tertiary/aromatic N) is 4. The third kappa shape index (κ3) is 6.67. The number of rotatable bonds is 7. The van der Waals surface area contributed by atoms with Crippen LogP contribution in [0.25, 0.3) is 88.4 Å². The van der Waals surface area contributed by atoms with Crippen molar-refractivity contribution in [2.45, 2.75) is 0 Å². The second kappa shape index (κ2) is 17.2. The van der Waals surface area contributed by atoms with E-state index in [0.717, 1.165) is 45.5 Å². The Labute approximate surface area is 447 Å². The molecule has 2 aliphatic heterocycles. The summed E-state index contributed by atoms with van der Waals surface area (Å²) in [6.07, 6.45) is 0. The van der Waals surface area contributed by atoms with Crippen molar-refractivity contribution in [2.24, 2.45) is 0 Å². The molecule has 16 rings (SSSR count). The first-order chi connectivity index (χ1) is 38.2. The molecule has 12 aromatic carbocycles. The molecule has 0 bridgehead atoms. The van der Waals surface area contributed by atoms with Crippen LogP contribution >= 0.6 is 0 Å². The van der Waals surface area contributed by atoms with Crippen LogP contribution in [0.15, 0.2) is 285 Å². The maximum Gasteiger partial charge on any atom is 0.254 e. The molecule has 0 aliphatic carbocycles. The monoisotopic (exact) mass is 978 g/mol. The Kier molecular flexibility index (Phi) is 9.70. The first kappa shape index (κ1) is 43.3. The van der Waals surface area contributed by atoms with Gasteiger partial charge in [0.05, 0.1) is 27.8 Å². The van der Waals surface area contributed by atoms with Crippen LogP contribution in [-0.4, -0.2) is 15.8 Å². The van der Waals surface area contributed by atoms with Crippen molar-refractivity contribution in [1.82, 2.24) is 9.13 Å². The van der Waals surface area contributed by atoms with Gasteiger partial charge in [-0.3, -0.25) is 0 Å². The summed E-state index contributed by atoms with van der Waals surface area (Å²) in [5, 5.41) is 4.92. The fraction of sp³-hybridized carbons (Fsp3) is 0. The molecule has 0 unspecified atom stereocenters. The molecule has 0 fully saturated rings. The van der Waals surface area contributed by atoms with E-state index in [1.165, 1.54) is 93.4 Å². The Hall–Kier alpha value is -10.1. The normalized spacial score (nSPS) is 12.6. The minimum atomic E-state index is -0.184. The Morgan fingerprint density at radius 1 is 0.234 bits per heavy atom. The molecule has 2 aromatic heterocycles. The molecule has 0 amide bonds. The summed E-state index contributed by atoms with van der Waals surface area (Å²) in [4.78, 5) is 5.13. The van der Waals surface area contributed by atoms with E-state index in [1.807, 2.05) is 0 Å². The lowest BCUT2D eigenvalue weighted by molar-refractivity contribution is 1.16. The molecule has 4 nitrogen and oxygen atoms in total. The predicted molar refractivity (Wildman–Crippen MR) is 325 cm³/mol. The second-order valence-corrected chi connectivity index (χ2v) is 20.4. The number of hydrogen-bond donors (Lipinski definition) is 0. The number of para-hydroxylation sites is 4.